The second-order valence-corrected chi connectivity index (χ2v) is 7.13. The van der Waals surface area contributed by atoms with E-state index in [0.717, 1.165) is 16.7 Å². The van der Waals surface area contributed by atoms with Crippen LogP contribution in [0.3, 0.4) is 0 Å². The van der Waals surface area contributed by atoms with Crippen LogP contribution in [0.5, 0.6) is 17.4 Å². The highest BCUT2D eigenvalue weighted by Gasteiger charge is 2.13. The highest BCUT2D eigenvalue weighted by atomic mass is 16.6. The fourth-order valence-corrected chi connectivity index (χ4v) is 2.87. The zero-order valence-corrected chi connectivity index (χ0v) is 18.5. The molecule has 1 unspecified atom stereocenters. The summed E-state index contributed by atoms with van der Waals surface area (Å²) < 4.78 is 22.4. The van der Waals surface area contributed by atoms with Crippen LogP contribution in [0.4, 0.5) is 0 Å². The minimum atomic E-state index is -0.219. The molecule has 166 valence electrons. The van der Waals surface area contributed by atoms with Gasteiger partial charge in [0.25, 0.3) is 0 Å². The molecule has 0 radical (unpaired) electrons. The molecule has 1 atom stereocenters. The van der Waals surface area contributed by atoms with Gasteiger partial charge in [0.2, 0.25) is 5.88 Å². The van der Waals surface area contributed by atoms with Crippen molar-refractivity contribution in [2.75, 3.05) is 27.4 Å². The van der Waals surface area contributed by atoms with Gasteiger partial charge in [-0.05, 0) is 42.7 Å². The summed E-state index contributed by atoms with van der Waals surface area (Å²) in [5.41, 5.74) is 3.20. The molecule has 0 aliphatic heterocycles. The van der Waals surface area contributed by atoms with Crippen molar-refractivity contribution in [2.24, 2.45) is 0 Å². The highest BCUT2D eigenvalue weighted by molar-refractivity contribution is 5.50. The maximum Gasteiger partial charge on any atom is 0.218 e. The quantitative estimate of drug-likeness (QED) is 0.512. The molecule has 3 rings (SSSR count). The molecular formula is C26H27NO5. The van der Waals surface area contributed by atoms with Crippen molar-refractivity contribution >= 4 is 0 Å². The minimum absolute atomic E-state index is 0.195. The van der Waals surface area contributed by atoms with Crippen molar-refractivity contribution < 1.29 is 24.1 Å². The molecule has 32 heavy (non-hydrogen) atoms. The number of phenols is 1. The third kappa shape index (κ3) is 6.74. The molecule has 1 N–H and O–H groups in total. The van der Waals surface area contributed by atoms with Crippen molar-refractivity contribution in [3.63, 3.8) is 0 Å². The van der Waals surface area contributed by atoms with Crippen LogP contribution in [0.1, 0.15) is 22.4 Å². The lowest BCUT2D eigenvalue weighted by Crippen LogP contribution is -2.25. The zero-order valence-electron chi connectivity index (χ0n) is 18.5. The molecule has 0 spiro atoms. The van der Waals surface area contributed by atoms with Crippen LogP contribution in [0.25, 0.3) is 0 Å². The number of aromatic hydroxyl groups is 1. The Balaban J connectivity index is 1.86. The first kappa shape index (κ1) is 23.1. The number of ether oxygens (including phenoxy) is 4. The van der Waals surface area contributed by atoms with Gasteiger partial charge in [-0.1, -0.05) is 36.3 Å². The van der Waals surface area contributed by atoms with Gasteiger partial charge in [-0.2, -0.15) is 0 Å². The molecule has 0 aliphatic carbocycles. The smallest absolute Gasteiger partial charge is 0.218 e. The average Bonchev–Trinajstić information content (AvgIpc) is 2.82. The number of aromatic nitrogens is 1. The molecule has 6 nitrogen and oxygen atoms in total. The predicted octanol–water partition coefficient (Wildman–Crippen LogP) is 4.11. The molecule has 3 aromatic rings. The molecule has 6 heteroatoms. The number of benzene rings is 2. The summed E-state index contributed by atoms with van der Waals surface area (Å²) in [5, 5.41) is 9.46. The van der Waals surface area contributed by atoms with E-state index in [2.05, 4.69) is 16.8 Å². The van der Waals surface area contributed by atoms with Crippen LogP contribution < -0.4 is 9.47 Å². The zero-order chi connectivity index (χ0) is 22.8. The lowest BCUT2D eigenvalue weighted by Gasteiger charge is -2.16. The van der Waals surface area contributed by atoms with Crippen LogP contribution in [0, 0.1) is 18.8 Å². The number of rotatable bonds is 9. The maximum absolute atomic E-state index is 9.46. The van der Waals surface area contributed by atoms with E-state index in [-0.39, 0.29) is 18.5 Å². The first-order valence-corrected chi connectivity index (χ1v) is 10.2. The molecule has 0 saturated heterocycles. The van der Waals surface area contributed by atoms with E-state index in [1.165, 1.54) is 0 Å². The average molecular weight is 434 g/mol. The van der Waals surface area contributed by atoms with E-state index in [4.69, 9.17) is 18.9 Å². The topological polar surface area (TPSA) is 70.0 Å². The Morgan fingerprint density at radius 3 is 2.38 bits per heavy atom. The van der Waals surface area contributed by atoms with Gasteiger partial charge >= 0.3 is 0 Å². The lowest BCUT2D eigenvalue weighted by atomic mass is 10.1. The van der Waals surface area contributed by atoms with Crippen LogP contribution in [0.15, 0.2) is 60.7 Å². The Hall–Kier alpha value is -3.53. The van der Waals surface area contributed by atoms with E-state index in [1.807, 2.05) is 37.3 Å². The number of phenolic OH excluding ortho intramolecular Hbond substituents is 1. The SMILES string of the molecule is COCC(COc1cc(OCc2ccccc2)c(C)c(C#Cc2ccc(O)cc2)n1)OC. The summed E-state index contributed by atoms with van der Waals surface area (Å²) in [4.78, 5) is 4.57. The van der Waals surface area contributed by atoms with Crippen molar-refractivity contribution in [1.82, 2.24) is 4.98 Å². The molecule has 2 aromatic carbocycles. The third-order valence-electron chi connectivity index (χ3n) is 4.73. The van der Waals surface area contributed by atoms with E-state index < -0.39 is 0 Å². The van der Waals surface area contributed by atoms with Crippen LogP contribution in [-0.4, -0.2) is 43.6 Å². The van der Waals surface area contributed by atoms with Gasteiger partial charge in [-0.25, -0.2) is 4.98 Å². The summed E-state index contributed by atoms with van der Waals surface area (Å²) in [5.74, 6) is 7.41. The normalized spacial score (nSPS) is 11.3. The summed E-state index contributed by atoms with van der Waals surface area (Å²) in [7, 11) is 3.22. The van der Waals surface area contributed by atoms with E-state index in [0.29, 0.717) is 30.5 Å². The summed E-state index contributed by atoms with van der Waals surface area (Å²) >= 11 is 0. The number of hydrogen-bond acceptors (Lipinski definition) is 6. The van der Waals surface area contributed by atoms with Gasteiger partial charge in [-0.3, -0.25) is 0 Å². The number of hydrogen-bond donors (Lipinski definition) is 1. The summed E-state index contributed by atoms with van der Waals surface area (Å²) in [6, 6.07) is 18.4. The standard InChI is InChI=1S/C26H27NO5/c1-19-24(14-11-20-9-12-22(28)13-10-20)27-26(32-18-23(30-3)17-29-2)15-25(19)31-16-21-7-5-4-6-8-21/h4-10,12-13,15,23,28H,16-18H2,1-3H3. The summed E-state index contributed by atoms with van der Waals surface area (Å²) in [6.45, 7) is 3.03. The van der Waals surface area contributed by atoms with Crippen LogP contribution in [0.2, 0.25) is 0 Å². The third-order valence-corrected chi connectivity index (χ3v) is 4.73. The fraction of sp³-hybridized carbons (Fsp3) is 0.269. The molecule has 0 saturated carbocycles. The Morgan fingerprint density at radius 1 is 0.938 bits per heavy atom. The lowest BCUT2D eigenvalue weighted by molar-refractivity contribution is -0.000107. The molecule has 0 bridgehead atoms. The van der Waals surface area contributed by atoms with Gasteiger partial charge in [0.05, 0.1) is 6.61 Å². The monoisotopic (exact) mass is 433 g/mol. The summed E-state index contributed by atoms with van der Waals surface area (Å²) in [6.07, 6.45) is -0.219. The number of pyridine rings is 1. The van der Waals surface area contributed by atoms with E-state index >= 15 is 0 Å². The van der Waals surface area contributed by atoms with Crippen molar-refractivity contribution in [3.05, 3.63) is 83.0 Å². The molecule has 1 aromatic heterocycles. The Labute approximate surface area is 188 Å². The first-order valence-electron chi connectivity index (χ1n) is 10.2. The van der Waals surface area contributed by atoms with Gasteiger partial charge in [-0.15, -0.1) is 0 Å². The molecule has 1 heterocycles. The van der Waals surface area contributed by atoms with Gasteiger partial charge in [0, 0.05) is 31.4 Å². The Morgan fingerprint density at radius 2 is 1.69 bits per heavy atom. The van der Waals surface area contributed by atoms with Crippen molar-refractivity contribution in [2.45, 2.75) is 19.6 Å². The molecule has 0 fully saturated rings. The van der Waals surface area contributed by atoms with Crippen LogP contribution in [-0.2, 0) is 16.1 Å². The fourth-order valence-electron chi connectivity index (χ4n) is 2.87. The van der Waals surface area contributed by atoms with Gasteiger partial charge in [0.1, 0.15) is 36.5 Å². The predicted molar refractivity (Wildman–Crippen MR) is 122 cm³/mol. The number of methoxy groups -OCH3 is 2. The van der Waals surface area contributed by atoms with Gasteiger partial charge < -0.3 is 24.1 Å². The van der Waals surface area contributed by atoms with E-state index in [9.17, 15) is 5.11 Å². The van der Waals surface area contributed by atoms with Crippen molar-refractivity contribution in [1.29, 1.82) is 0 Å². The maximum atomic E-state index is 9.46. The second-order valence-electron chi connectivity index (χ2n) is 7.13. The van der Waals surface area contributed by atoms with Gasteiger partial charge in [0.15, 0.2) is 0 Å². The molecular weight excluding hydrogens is 406 g/mol. The second kappa shape index (κ2) is 11.8. The molecule has 0 amide bonds. The minimum Gasteiger partial charge on any atom is -0.508 e. The van der Waals surface area contributed by atoms with Crippen molar-refractivity contribution in [3.8, 4) is 29.2 Å². The Kier molecular flexibility index (Phi) is 8.50. The number of nitrogens with zero attached hydrogens (tertiary/aromatic N) is 1. The largest absolute Gasteiger partial charge is 0.508 e. The Bertz CT molecular complexity index is 1060. The van der Waals surface area contributed by atoms with E-state index in [1.54, 1.807) is 44.6 Å². The first-order chi connectivity index (χ1) is 15.6. The molecule has 0 aliphatic rings. The van der Waals surface area contributed by atoms with Crippen LogP contribution >= 0.6 is 0 Å². The highest BCUT2D eigenvalue weighted by Crippen LogP contribution is 2.26.